The van der Waals surface area contributed by atoms with E-state index < -0.39 is 21.9 Å². The average Bonchev–Trinajstić information content (AvgIpc) is 3.25. The van der Waals surface area contributed by atoms with Crippen LogP contribution in [-0.4, -0.2) is 31.9 Å². The summed E-state index contributed by atoms with van der Waals surface area (Å²) in [4.78, 5) is -0.188. The molecular weight excluding hydrogens is 373 g/mol. The number of hydrogen-bond donors (Lipinski definition) is 1. The van der Waals surface area contributed by atoms with Crippen molar-refractivity contribution in [2.24, 2.45) is 0 Å². The van der Waals surface area contributed by atoms with Crippen LogP contribution in [0, 0.1) is 19.7 Å². The van der Waals surface area contributed by atoms with Crippen LogP contribution in [0.1, 0.15) is 23.2 Å². The van der Waals surface area contributed by atoms with Crippen molar-refractivity contribution in [1.29, 1.82) is 0 Å². The van der Waals surface area contributed by atoms with E-state index in [1.54, 1.807) is 16.8 Å². The Bertz CT molecular complexity index is 1030. The zero-order valence-corrected chi connectivity index (χ0v) is 16.0. The molecule has 0 saturated carbocycles. The third-order valence-corrected chi connectivity index (χ3v) is 5.53. The summed E-state index contributed by atoms with van der Waals surface area (Å²) >= 11 is 0. The van der Waals surface area contributed by atoms with Gasteiger partial charge < -0.3 is 9.15 Å². The van der Waals surface area contributed by atoms with Crippen molar-refractivity contribution in [3.8, 4) is 5.75 Å². The smallest absolute Gasteiger partial charge is 0.240 e. The van der Waals surface area contributed by atoms with Crippen LogP contribution in [0.25, 0.3) is 0 Å². The van der Waals surface area contributed by atoms with Crippen molar-refractivity contribution in [1.82, 2.24) is 14.5 Å². The van der Waals surface area contributed by atoms with E-state index >= 15 is 0 Å². The maximum atomic E-state index is 13.9. The van der Waals surface area contributed by atoms with Crippen LogP contribution in [0.15, 0.2) is 52.0 Å². The molecule has 9 heteroatoms. The van der Waals surface area contributed by atoms with E-state index in [1.807, 2.05) is 19.9 Å². The van der Waals surface area contributed by atoms with E-state index in [0.29, 0.717) is 5.76 Å². The SMILES string of the molecule is COc1ccc(S(=O)(=O)NCC(c2ccco2)n2nc(C)cc2C)cc1F. The average molecular weight is 393 g/mol. The quantitative estimate of drug-likeness (QED) is 0.667. The van der Waals surface area contributed by atoms with Gasteiger partial charge in [0.25, 0.3) is 0 Å². The first-order valence-corrected chi connectivity index (χ1v) is 9.69. The number of methoxy groups -OCH3 is 1. The molecule has 27 heavy (non-hydrogen) atoms. The fourth-order valence-electron chi connectivity index (χ4n) is 2.84. The molecule has 0 aliphatic heterocycles. The molecule has 0 radical (unpaired) electrons. The number of aromatic nitrogens is 2. The Kier molecular flexibility index (Phi) is 5.33. The van der Waals surface area contributed by atoms with Gasteiger partial charge in [-0.25, -0.2) is 17.5 Å². The summed E-state index contributed by atoms with van der Waals surface area (Å²) in [5.74, 6) is -0.212. The normalized spacial score (nSPS) is 12.9. The zero-order valence-electron chi connectivity index (χ0n) is 15.1. The summed E-state index contributed by atoms with van der Waals surface area (Å²) in [5.41, 5.74) is 1.67. The molecule has 0 amide bonds. The van der Waals surface area contributed by atoms with Gasteiger partial charge in [-0.15, -0.1) is 0 Å². The van der Waals surface area contributed by atoms with Crippen molar-refractivity contribution in [3.63, 3.8) is 0 Å². The predicted molar refractivity (Wildman–Crippen MR) is 96.7 cm³/mol. The van der Waals surface area contributed by atoms with Crippen molar-refractivity contribution >= 4 is 10.0 Å². The molecule has 0 aliphatic rings. The highest BCUT2D eigenvalue weighted by molar-refractivity contribution is 7.89. The lowest BCUT2D eigenvalue weighted by Crippen LogP contribution is -2.32. The predicted octanol–water partition coefficient (Wildman–Crippen LogP) is 2.81. The number of aryl methyl sites for hydroxylation is 2. The molecule has 2 aromatic heterocycles. The summed E-state index contributed by atoms with van der Waals surface area (Å²) < 4.78 is 53.6. The minimum absolute atomic E-state index is 0.00848. The van der Waals surface area contributed by atoms with Gasteiger partial charge in [-0.2, -0.15) is 5.10 Å². The first kappa shape index (κ1) is 19.1. The van der Waals surface area contributed by atoms with Crippen LogP contribution in [0.3, 0.4) is 0 Å². The molecule has 0 fully saturated rings. The summed E-state index contributed by atoms with van der Waals surface area (Å²) in [5, 5.41) is 4.42. The first-order chi connectivity index (χ1) is 12.8. The molecule has 0 aliphatic carbocycles. The monoisotopic (exact) mass is 393 g/mol. The topological polar surface area (TPSA) is 86.4 Å². The number of halogens is 1. The minimum atomic E-state index is -3.94. The zero-order chi connectivity index (χ0) is 19.6. The number of nitrogens with zero attached hydrogens (tertiary/aromatic N) is 2. The van der Waals surface area contributed by atoms with E-state index in [1.165, 1.54) is 25.5 Å². The summed E-state index contributed by atoms with van der Waals surface area (Å²) in [6, 6.07) is 8.37. The molecule has 144 valence electrons. The molecule has 3 rings (SSSR count). The van der Waals surface area contributed by atoms with E-state index in [-0.39, 0.29) is 17.2 Å². The van der Waals surface area contributed by atoms with Crippen LogP contribution in [0.5, 0.6) is 5.75 Å². The second-order valence-corrected chi connectivity index (χ2v) is 7.82. The molecule has 3 aromatic rings. The highest BCUT2D eigenvalue weighted by Crippen LogP contribution is 2.23. The Morgan fingerprint density at radius 1 is 1.30 bits per heavy atom. The Morgan fingerprint density at radius 3 is 2.63 bits per heavy atom. The molecule has 0 bridgehead atoms. The summed E-state index contributed by atoms with van der Waals surface area (Å²) in [6.45, 7) is 3.72. The van der Waals surface area contributed by atoms with Gasteiger partial charge in [-0.1, -0.05) is 0 Å². The second-order valence-electron chi connectivity index (χ2n) is 6.05. The molecule has 1 N–H and O–H groups in total. The van der Waals surface area contributed by atoms with Gasteiger partial charge in [0.2, 0.25) is 10.0 Å². The lowest BCUT2D eigenvalue weighted by Gasteiger charge is -2.18. The molecule has 0 spiro atoms. The number of furan rings is 1. The van der Waals surface area contributed by atoms with Crippen LogP contribution >= 0.6 is 0 Å². The van der Waals surface area contributed by atoms with E-state index in [9.17, 15) is 12.8 Å². The number of ether oxygens (including phenoxy) is 1. The molecule has 1 aromatic carbocycles. The third kappa shape index (κ3) is 4.04. The van der Waals surface area contributed by atoms with Gasteiger partial charge in [0.05, 0.1) is 24.0 Å². The van der Waals surface area contributed by atoms with Gasteiger partial charge >= 0.3 is 0 Å². The fraction of sp³-hybridized carbons (Fsp3) is 0.278. The second kappa shape index (κ2) is 7.53. The van der Waals surface area contributed by atoms with Crippen LogP contribution < -0.4 is 9.46 Å². The van der Waals surface area contributed by atoms with Crippen molar-refractivity contribution in [2.45, 2.75) is 24.8 Å². The van der Waals surface area contributed by atoms with Crippen molar-refractivity contribution < 1.29 is 22.0 Å². The Hall–Kier alpha value is -2.65. The highest BCUT2D eigenvalue weighted by atomic mass is 32.2. The molecule has 7 nitrogen and oxygen atoms in total. The largest absolute Gasteiger partial charge is 0.494 e. The lowest BCUT2D eigenvalue weighted by molar-refractivity contribution is 0.385. The number of sulfonamides is 1. The van der Waals surface area contributed by atoms with Gasteiger partial charge in [-0.3, -0.25) is 4.68 Å². The van der Waals surface area contributed by atoms with Crippen LogP contribution in [0.2, 0.25) is 0 Å². The Labute approximate surface area is 156 Å². The number of benzene rings is 1. The lowest BCUT2D eigenvalue weighted by atomic mass is 10.2. The maximum absolute atomic E-state index is 13.9. The molecule has 1 unspecified atom stereocenters. The number of nitrogens with one attached hydrogen (secondary N) is 1. The third-order valence-electron chi connectivity index (χ3n) is 4.11. The molecule has 2 heterocycles. The molecule has 1 atom stereocenters. The number of hydrogen-bond acceptors (Lipinski definition) is 5. The van der Waals surface area contributed by atoms with Gasteiger partial charge in [0.15, 0.2) is 11.6 Å². The minimum Gasteiger partial charge on any atom is -0.494 e. The Morgan fingerprint density at radius 2 is 2.07 bits per heavy atom. The molecular formula is C18H20FN3O4S. The van der Waals surface area contributed by atoms with Gasteiger partial charge in [-0.05, 0) is 50.2 Å². The van der Waals surface area contributed by atoms with Gasteiger partial charge in [0, 0.05) is 12.2 Å². The van der Waals surface area contributed by atoms with Crippen molar-refractivity contribution in [3.05, 3.63) is 65.6 Å². The van der Waals surface area contributed by atoms with E-state index in [0.717, 1.165) is 17.5 Å². The maximum Gasteiger partial charge on any atom is 0.240 e. The standard InChI is InChI=1S/C18H20FN3O4S/c1-12-9-13(2)22(21-12)16(18-5-4-8-26-18)11-20-27(23,24)14-6-7-17(25-3)15(19)10-14/h4-10,16,20H,11H2,1-3H3. The van der Waals surface area contributed by atoms with Crippen LogP contribution in [0.4, 0.5) is 4.39 Å². The molecule has 0 saturated heterocycles. The summed E-state index contributed by atoms with van der Waals surface area (Å²) in [7, 11) is -2.62. The van der Waals surface area contributed by atoms with Crippen LogP contribution in [-0.2, 0) is 10.0 Å². The first-order valence-electron chi connectivity index (χ1n) is 8.21. The summed E-state index contributed by atoms with van der Waals surface area (Å²) in [6.07, 6.45) is 1.52. The van der Waals surface area contributed by atoms with Gasteiger partial charge in [0.1, 0.15) is 11.8 Å². The fourth-order valence-corrected chi connectivity index (χ4v) is 3.89. The van der Waals surface area contributed by atoms with E-state index in [2.05, 4.69) is 9.82 Å². The number of rotatable bonds is 7. The Balaban J connectivity index is 1.87. The van der Waals surface area contributed by atoms with E-state index in [4.69, 9.17) is 9.15 Å². The van der Waals surface area contributed by atoms with Crippen molar-refractivity contribution in [2.75, 3.05) is 13.7 Å². The highest BCUT2D eigenvalue weighted by Gasteiger charge is 2.24.